The van der Waals surface area contributed by atoms with E-state index in [0.29, 0.717) is 20.7 Å². The van der Waals surface area contributed by atoms with Gasteiger partial charge in [0.05, 0.1) is 21.9 Å². The Kier molecular flexibility index (Phi) is 3.84. The van der Waals surface area contributed by atoms with E-state index in [1.807, 2.05) is 0 Å². The van der Waals surface area contributed by atoms with Crippen molar-refractivity contribution in [3.63, 3.8) is 0 Å². The summed E-state index contributed by atoms with van der Waals surface area (Å²) in [7, 11) is 0. The van der Waals surface area contributed by atoms with Crippen LogP contribution < -0.4 is 4.90 Å². The van der Waals surface area contributed by atoms with Crippen molar-refractivity contribution in [3.8, 4) is 0 Å². The fourth-order valence-electron chi connectivity index (χ4n) is 1.82. The van der Waals surface area contributed by atoms with Crippen LogP contribution in [0.15, 0.2) is 45.9 Å². The molecule has 1 aliphatic rings. The summed E-state index contributed by atoms with van der Waals surface area (Å²) in [6.07, 6.45) is 3.14. The molecule has 2 aromatic rings. The van der Waals surface area contributed by atoms with Crippen LogP contribution in [0, 0.1) is 5.82 Å². The minimum absolute atomic E-state index is 0.0587. The molecule has 1 amide bonds. The zero-order valence-corrected chi connectivity index (χ0v) is 12.8. The third-order valence-electron chi connectivity index (χ3n) is 2.77. The highest BCUT2D eigenvalue weighted by atomic mass is 35.5. The van der Waals surface area contributed by atoms with Gasteiger partial charge in [0.2, 0.25) is 0 Å². The van der Waals surface area contributed by atoms with Crippen molar-refractivity contribution in [3.05, 3.63) is 58.1 Å². The molecule has 2 heterocycles. The quantitative estimate of drug-likeness (QED) is 0.596. The van der Waals surface area contributed by atoms with Gasteiger partial charge in [0.25, 0.3) is 5.91 Å². The standard InChI is InChI=1S/C14H7ClFNO2S2/c15-10-6-8(3-4-11(10)16)17-13(18)12(21-14(17)20)7-9-2-1-5-19-9/h1-7H. The minimum atomic E-state index is -0.544. The summed E-state index contributed by atoms with van der Waals surface area (Å²) in [6.45, 7) is 0. The van der Waals surface area contributed by atoms with Crippen LogP contribution in [0.25, 0.3) is 6.08 Å². The largest absolute Gasteiger partial charge is 0.465 e. The Labute approximate surface area is 134 Å². The molecule has 0 bridgehead atoms. The molecular weight excluding hydrogens is 333 g/mol. The monoisotopic (exact) mass is 339 g/mol. The molecule has 0 N–H and O–H groups in total. The van der Waals surface area contributed by atoms with E-state index in [0.717, 1.165) is 11.8 Å². The van der Waals surface area contributed by atoms with Crippen LogP contribution in [0.3, 0.4) is 0 Å². The first-order chi connectivity index (χ1) is 10.1. The number of carbonyl (C=O) groups is 1. The number of benzene rings is 1. The van der Waals surface area contributed by atoms with Gasteiger partial charge in [-0.25, -0.2) is 4.39 Å². The lowest BCUT2D eigenvalue weighted by Gasteiger charge is -2.14. The molecule has 0 atom stereocenters. The molecule has 0 spiro atoms. The Bertz CT molecular complexity index is 758. The second kappa shape index (κ2) is 5.63. The number of halogens is 2. The zero-order chi connectivity index (χ0) is 15.0. The summed E-state index contributed by atoms with van der Waals surface area (Å²) in [4.78, 5) is 14.2. The van der Waals surface area contributed by atoms with Crippen LogP contribution in [-0.2, 0) is 4.79 Å². The molecule has 1 saturated heterocycles. The second-order valence-corrected chi connectivity index (χ2v) is 6.21. The average molecular weight is 340 g/mol. The van der Waals surface area contributed by atoms with Gasteiger partial charge >= 0.3 is 0 Å². The third-order valence-corrected chi connectivity index (χ3v) is 4.36. The first-order valence-corrected chi connectivity index (χ1v) is 7.43. The van der Waals surface area contributed by atoms with Crippen molar-refractivity contribution in [2.75, 3.05) is 4.90 Å². The third kappa shape index (κ3) is 2.74. The summed E-state index contributed by atoms with van der Waals surface area (Å²) < 4.78 is 18.8. The number of thiocarbonyl (C=S) groups is 1. The molecule has 1 aliphatic heterocycles. The van der Waals surface area contributed by atoms with Crippen molar-refractivity contribution < 1.29 is 13.6 Å². The van der Waals surface area contributed by atoms with Gasteiger partial charge in [-0.2, -0.15) is 0 Å². The predicted octanol–water partition coefficient (Wildman–Crippen LogP) is 4.48. The smallest absolute Gasteiger partial charge is 0.270 e. The molecule has 0 aliphatic carbocycles. The number of hydrogen-bond acceptors (Lipinski definition) is 4. The fourth-order valence-corrected chi connectivity index (χ4v) is 3.27. The SMILES string of the molecule is O=C1C(=Cc2ccco2)SC(=S)N1c1ccc(F)c(Cl)c1. The highest BCUT2D eigenvalue weighted by Crippen LogP contribution is 2.37. The molecule has 3 nitrogen and oxygen atoms in total. The van der Waals surface area contributed by atoms with Crippen LogP contribution in [0.5, 0.6) is 0 Å². The molecule has 21 heavy (non-hydrogen) atoms. The van der Waals surface area contributed by atoms with Crippen molar-refractivity contribution in [1.82, 2.24) is 0 Å². The lowest BCUT2D eigenvalue weighted by molar-refractivity contribution is -0.113. The van der Waals surface area contributed by atoms with Gasteiger partial charge in [0.1, 0.15) is 11.6 Å². The highest BCUT2D eigenvalue weighted by molar-refractivity contribution is 8.27. The predicted molar refractivity (Wildman–Crippen MR) is 85.8 cm³/mol. The van der Waals surface area contributed by atoms with Crippen LogP contribution >= 0.6 is 35.6 Å². The molecule has 1 aromatic heterocycles. The number of anilines is 1. The topological polar surface area (TPSA) is 33.5 Å². The number of furan rings is 1. The Morgan fingerprint density at radius 1 is 1.38 bits per heavy atom. The average Bonchev–Trinajstić information content (AvgIpc) is 3.03. The van der Waals surface area contributed by atoms with Gasteiger partial charge in [-0.15, -0.1) is 0 Å². The van der Waals surface area contributed by atoms with Gasteiger partial charge < -0.3 is 4.42 Å². The van der Waals surface area contributed by atoms with E-state index in [9.17, 15) is 9.18 Å². The van der Waals surface area contributed by atoms with Crippen molar-refractivity contribution >= 4 is 57.6 Å². The van der Waals surface area contributed by atoms with Crippen LogP contribution in [-0.4, -0.2) is 10.2 Å². The van der Waals surface area contributed by atoms with Crippen molar-refractivity contribution in [2.24, 2.45) is 0 Å². The van der Waals surface area contributed by atoms with E-state index in [2.05, 4.69) is 0 Å². The van der Waals surface area contributed by atoms with E-state index in [4.69, 9.17) is 28.2 Å². The van der Waals surface area contributed by atoms with E-state index in [1.165, 1.54) is 29.4 Å². The lowest BCUT2D eigenvalue weighted by Crippen LogP contribution is -2.27. The molecule has 0 unspecified atom stereocenters. The van der Waals surface area contributed by atoms with E-state index < -0.39 is 5.82 Å². The Morgan fingerprint density at radius 3 is 2.86 bits per heavy atom. The number of amides is 1. The van der Waals surface area contributed by atoms with Crippen LogP contribution in [0.1, 0.15) is 5.76 Å². The molecule has 1 aromatic carbocycles. The summed E-state index contributed by atoms with van der Waals surface area (Å²) in [6, 6.07) is 7.50. The molecule has 1 fully saturated rings. The maximum absolute atomic E-state index is 13.2. The van der Waals surface area contributed by atoms with Crippen LogP contribution in [0.4, 0.5) is 10.1 Å². The summed E-state index contributed by atoms with van der Waals surface area (Å²) in [5, 5.41) is -0.0587. The minimum Gasteiger partial charge on any atom is -0.465 e. The van der Waals surface area contributed by atoms with Gasteiger partial charge in [0, 0.05) is 6.08 Å². The van der Waals surface area contributed by atoms with Crippen molar-refractivity contribution in [1.29, 1.82) is 0 Å². The molecule has 0 saturated carbocycles. The summed E-state index contributed by atoms with van der Waals surface area (Å²) in [5.74, 6) is -0.270. The number of hydrogen-bond donors (Lipinski definition) is 0. The first kappa shape index (κ1) is 14.3. The highest BCUT2D eigenvalue weighted by Gasteiger charge is 2.33. The molecule has 3 rings (SSSR count). The maximum Gasteiger partial charge on any atom is 0.270 e. The molecule has 0 radical (unpaired) electrons. The first-order valence-electron chi connectivity index (χ1n) is 5.83. The van der Waals surface area contributed by atoms with E-state index in [1.54, 1.807) is 18.2 Å². The fraction of sp³-hybridized carbons (Fsp3) is 0. The van der Waals surface area contributed by atoms with Gasteiger partial charge in [-0.3, -0.25) is 9.69 Å². The van der Waals surface area contributed by atoms with Crippen molar-refractivity contribution in [2.45, 2.75) is 0 Å². The van der Waals surface area contributed by atoms with E-state index in [-0.39, 0.29) is 10.9 Å². The summed E-state index contributed by atoms with van der Waals surface area (Å²) >= 11 is 12.1. The number of rotatable bonds is 2. The van der Waals surface area contributed by atoms with E-state index >= 15 is 0 Å². The molecule has 7 heteroatoms. The zero-order valence-electron chi connectivity index (χ0n) is 10.4. The molecule has 106 valence electrons. The molecular formula is C14H7ClFNO2S2. The number of nitrogens with zero attached hydrogens (tertiary/aromatic N) is 1. The number of thioether (sulfide) groups is 1. The summed E-state index contributed by atoms with van der Waals surface area (Å²) in [5.41, 5.74) is 0.437. The lowest BCUT2D eigenvalue weighted by atomic mass is 10.2. The normalized spacial score (nSPS) is 17.0. The van der Waals surface area contributed by atoms with Crippen LogP contribution in [0.2, 0.25) is 5.02 Å². The number of carbonyl (C=O) groups excluding carboxylic acids is 1. The van der Waals surface area contributed by atoms with Gasteiger partial charge in [0.15, 0.2) is 4.32 Å². The Balaban J connectivity index is 1.95. The second-order valence-electron chi connectivity index (χ2n) is 4.13. The van der Waals surface area contributed by atoms with Gasteiger partial charge in [-0.1, -0.05) is 35.6 Å². The maximum atomic E-state index is 13.2. The Morgan fingerprint density at radius 2 is 2.19 bits per heavy atom. The Hall–Kier alpha value is -1.63. The van der Waals surface area contributed by atoms with Gasteiger partial charge in [-0.05, 0) is 30.3 Å².